The van der Waals surface area contributed by atoms with Gasteiger partial charge in [-0.3, -0.25) is 14.6 Å². The molecule has 0 amide bonds. The lowest BCUT2D eigenvalue weighted by Crippen LogP contribution is -2.23. The van der Waals surface area contributed by atoms with Crippen molar-refractivity contribution in [1.29, 1.82) is 0 Å². The predicted octanol–water partition coefficient (Wildman–Crippen LogP) is 1.81. The van der Waals surface area contributed by atoms with E-state index in [-0.39, 0.29) is 28.9 Å². The Labute approximate surface area is 131 Å². The number of hydrogen-bond donors (Lipinski definition) is 2. The number of nitrogens with one attached hydrogen (secondary N) is 1. The van der Waals surface area contributed by atoms with Gasteiger partial charge in [-0.2, -0.15) is 4.98 Å². The van der Waals surface area contributed by atoms with Crippen LogP contribution in [0.5, 0.6) is 0 Å². The van der Waals surface area contributed by atoms with Gasteiger partial charge in [-0.15, -0.1) is 0 Å². The number of nitrogen functional groups attached to an aromatic ring is 1. The third-order valence-corrected chi connectivity index (χ3v) is 4.32. The summed E-state index contributed by atoms with van der Waals surface area (Å²) in [5.41, 5.74) is 7.83. The number of benzene rings is 1. The van der Waals surface area contributed by atoms with Crippen molar-refractivity contribution in [3.05, 3.63) is 63.6 Å². The molecule has 0 spiro atoms. The average molecular weight is 306 g/mol. The van der Waals surface area contributed by atoms with Crippen molar-refractivity contribution in [3.8, 4) is 0 Å². The summed E-state index contributed by atoms with van der Waals surface area (Å²) in [5, 5.41) is 0.366. The normalized spacial score (nSPS) is 17.2. The first-order valence-electron chi connectivity index (χ1n) is 7.39. The second-order valence-electron chi connectivity index (χ2n) is 5.74. The third-order valence-electron chi connectivity index (χ3n) is 4.32. The van der Waals surface area contributed by atoms with Crippen LogP contribution in [0.3, 0.4) is 0 Å². The first-order valence-corrected chi connectivity index (χ1v) is 7.39. The number of H-pyrrole nitrogens is 1. The van der Waals surface area contributed by atoms with Gasteiger partial charge in [0, 0.05) is 18.2 Å². The topological polar surface area (TPSA) is 102 Å². The van der Waals surface area contributed by atoms with Gasteiger partial charge in [-0.1, -0.05) is 30.3 Å². The molecule has 0 bridgehead atoms. The zero-order valence-corrected chi connectivity index (χ0v) is 12.2. The van der Waals surface area contributed by atoms with Crippen molar-refractivity contribution < 1.29 is 4.79 Å². The fraction of sp³-hybridized carbons (Fsp3) is 0.176. The van der Waals surface area contributed by atoms with Gasteiger partial charge in [0.2, 0.25) is 5.95 Å². The average Bonchev–Trinajstić information content (AvgIpc) is 2.54. The summed E-state index contributed by atoms with van der Waals surface area (Å²) in [6.45, 7) is 0. The Bertz CT molecular complexity index is 979. The maximum Gasteiger partial charge on any atom is 0.262 e. The number of anilines is 1. The summed E-state index contributed by atoms with van der Waals surface area (Å²) < 4.78 is 0. The summed E-state index contributed by atoms with van der Waals surface area (Å²) >= 11 is 0. The molecule has 1 aliphatic carbocycles. The molecule has 0 radical (unpaired) electrons. The minimum absolute atomic E-state index is 0.00530. The number of hydrogen-bond acceptors (Lipinski definition) is 5. The summed E-state index contributed by atoms with van der Waals surface area (Å²) in [6, 6.07) is 9.86. The third kappa shape index (κ3) is 2.19. The SMILES string of the molecule is Nc1nc2ncc3c(c2c(=O)[nH]1)C[C@H](c1ccccc1)CC3=O. The first-order chi connectivity index (χ1) is 11.1. The molecule has 0 unspecified atom stereocenters. The number of rotatable bonds is 1. The minimum Gasteiger partial charge on any atom is -0.369 e. The number of carbonyl (C=O) groups excluding carboxylic acids is 1. The van der Waals surface area contributed by atoms with Gasteiger partial charge in [-0.25, -0.2) is 4.98 Å². The molecule has 4 rings (SSSR count). The van der Waals surface area contributed by atoms with Crippen LogP contribution in [0.15, 0.2) is 41.3 Å². The molecule has 6 heteroatoms. The molecule has 0 aliphatic heterocycles. The van der Waals surface area contributed by atoms with Gasteiger partial charge in [0.15, 0.2) is 11.4 Å². The van der Waals surface area contributed by atoms with Crippen molar-refractivity contribution in [2.24, 2.45) is 0 Å². The number of pyridine rings is 1. The Morgan fingerprint density at radius 3 is 2.70 bits per heavy atom. The van der Waals surface area contributed by atoms with Crippen LogP contribution in [-0.4, -0.2) is 20.7 Å². The van der Waals surface area contributed by atoms with Gasteiger partial charge in [0.05, 0.1) is 5.39 Å². The van der Waals surface area contributed by atoms with Crippen molar-refractivity contribution in [2.45, 2.75) is 18.8 Å². The summed E-state index contributed by atoms with van der Waals surface area (Å²) in [6.07, 6.45) is 2.54. The molecule has 3 N–H and O–H groups in total. The van der Waals surface area contributed by atoms with Crippen LogP contribution in [0.1, 0.15) is 33.8 Å². The highest BCUT2D eigenvalue weighted by atomic mass is 16.1. The summed E-state index contributed by atoms with van der Waals surface area (Å²) in [7, 11) is 0. The van der Waals surface area contributed by atoms with Gasteiger partial charge in [0.1, 0.15) is 0 Å². The van der Waals surface area contributed by atoms with Crippen LogP contribution < -0.4 is 11.3 Å². The van der Waals surface area contributed by atoms with E-state index in [0.717, 1.165) is 5.56 Å². The van der Waals surface area contributed by atoms with Crippen LogP contribution in [0.2, 0.25) is 0 Å². The van der Waals surface area contributed by atoms with Crippen molar-refractivity contribution in [3.63, 3.8) is 0 Å². The number of aromatic nitrogens is 3. The predicted molar refractivity (Wildman–Crippen MR) is 86.4 cm³/mol. The minimum atomic E-state index is -0.349. The molecule has 3 aromatic rings. The highest BCUT2D eigenvalue weighted by molar-refractivity contribution is 6.02. The largest absolute Gasteiger partial charge is 0.369 e. The van der Waals surface area contributed by atoms with Gasteiger partial charge < -0.3 is 5.73 Å². The van der Waals surface area contributed by atoms with E-state index in [4.69, 9.17) is 5.73 Å². The molecule has 1 atom stereocenters. The van der Waals surface area contributed by atoms with Crippen molar-refractivity contribution in [2.75, 3.05) is 5.73 Å². The fourth-order valence-electron chi connectivity index (χ4n) is 3.25. The van der Waals surface area contributed by atoms with E-state index < -0.39 is 0 Å². The molecule has 0 saturated carbocycles. The number of ketones is 1. The molecular weight excluding hydrogens is 292 g/mol. The fourth-order valence-corrected chi connectivity index (χ4v) is 3.25. The monoisotopic (exact) mass is 306 g/mol. The van der Waals surface area contributed by atoms with E-state index in [1.54, 1.807) is 0 Å². The molecule has 23 heavy (non-hydrogen) atoms. The zero-order valence-electron chi connectivity index (χ0n) is 12.2. The van der Waals surface area contributed by atoms with E-state index in [9.17, 15) is 9.59 Å². The molecule has 2 aromatic heterocycles. The van der Waals surface area contributed by atoms with Crippen LogP contribution in [-0.2, 0) is 6.42 Å². The van der Waals surface area contributed by atoms with E-state index in [0.29, 0.717) is 29.4 Å². The van der Waals surface area contributed by atoms with Crippen molar-refractivity contribution >= 4 is 22.8 Å². The van der Waals surface area contributed by atoms with E-state index in [1.807, 2.05) is 30.3 Å². The Morgan fingerprint density at radius 1 is 1.13 bits per heavy atom. The molecule has 0 fully saturated rings. The smallest absolute Gasteiger partial charge is 0.262 e. The molecule has 0 saturated heterocycles. The van der Waals surface area contributed by atoms with Crippen LogP contribution in [0, 0.1) is 0 Å². The number of nitrogens with two attached hydrogens (primary N) is 1. The summed E-state index contributed by atoms with van der Waals surface area (Å²) in [4.78, 5) is 35.5. The van der Waals surface area contributed by atoms with Crippen LogP contribution in [0.4, 0.5) is 5.95 Å². The second kappa shape index (κ2) is 5.01. The Kier molecular flexibility index (Phi) is 2.97. The number of fused-ring (bicyclic) bond motifs is 3. The maximum atomic E-state index is 12.5. The lowest BCUT2D eigenvalue weighted by molar-refractivity contribution is 0.0964. The Hall–Kier alpha value is -3.02. The Balaban J connectivity index is 1.93. The van der Waals surface area contributed by atoms with E-state index >= 15 is 0 Å². The Morgan fingerprint density at radius 2 is 1.91 bits per heavy atom. The molecule has 114 valence electrons. The van der Waals surface area contributed by atoms with E-state index in [2.05, 4.69) is 15.0 Å². The quantitative estimate of drug-likeness (QED) is 0.714. The van der Waals surface area contributed by atoms with Crippen LogP contribution in [0.25, 0.3) is 11.0 Å². The number of aromatic amines is 1. The zero-order chi connectivity index (χ0) is 16.0. The van der Waals surface area contributed by atoms with Gasteiger partial charge in [-0.05, 0) is 23.5 Å². The molecular formula is C17H14N4O2. The molecule has 1 aromatic carbocycles. The highest BCUT2D eigenvalue weighted by Crippen LogP contribution is 2.34. The standard InChI is InChI=1S/C17H14N4O2/c18-17-20-15-14(16(23)21-17)11-6-10(9-4-2-1-3-5-9)7-13(22)12(11)8-19-15/h1-5,8,10H,6-7H2,(H3,18,19,20,21,23)/t10-/m0/s1. The second-order valence-corrected chi connectivity index (χ2v) is 5.74. The lowest BCUT2D eigenvalue weighted by atomic mass is 9.79. The number of Topliss-reactive ketones (excluding diaryl/α,β-unsaturated/α-hetero) is 1. The summed E-state index contributed by atoms with van der Waals surface area (Å²) in [5.74, 6) is 0.0844. The lowest BCUT2D eigenvalue weighted by Gasteiger charge is -2.24. The highest BCUT2D eigenvalue weighted by Gasteiger charge is 2.29. The van der Waals surface area contributed by atoms with Crippen molar-refractivity contribution in [1.82, 2.24) is 15.0 Å². The maximum absolute atomic E-state index is 12.5. The van der Waals surface area contributed by atoms with Crippen LogP contribution >= 0.6 is 0 Å². The molecule has 2 heterocycles. The van der Waals surface area contributed by atoms with E-state index in [1.165, 1.54) is 6.20 Å². The number of carbonyl (C=O) groups is 1. The number of nitrogens with zero attached hydrogens (tertiary/aromatic N) is 2. The van der Waals surface area contributed by atoms with Gasteiger partial charge >= 0.3 is 0 Å². The molecule has 1 aliphatic rings. The van der Waals surface area contributed by atoms with Gasteiger partial charge in [0.25, 0.3) is 5.56 Å². The molecule has 6 nitrogen and oxygen atoms in total. The first kappa shape index (κ1) is 13.6.